The third kappa shape index (κ3) is 4.77. The number of ether oxygens (including phenoxy) is 2. The van der Waals surface area contributed by atoms with Gasteiger partial charge >= 0.3 is 0 Å². The van der Waals surface area contributed by atoms with Gasteiger partial charge in [-0.2, -0.15) is 5.10 Å². The molecule has 0 bridgehead atoms. The van der Waals surface area contributed by atoms with E-state index in [0.717, 1.165) is 17.7 Å². The Kier molecular flexibility index (Phi) is 7.61. The van der Waals surface area contributed by atoms with Crippen LogP contribution in [0.2, 0.25) is 0 Å². The minimum Gasteiger partial charge on any atom is -0.507 e. The van der Waals surface area contributed by atoms with E-state index < -0.39 is 0 Å². The lowest BCUT2D eigenvalue weighted by Crippen LogP contribution is -2.18. The van der Waals surface area contributed by atoms with Crippen LogP contribution in [0.15, 0.2) is 36.0 Å². The summed E-state index contributed by atoms with van der Waals surface area (Å²) in [6, 6.07) is 7.05. The van der Waals surface area contributed by atoms with Crippen LogP contribution in [-0.2, 0) is 4.74 Å². The summed E-state index contributed by atoms with van der Waals surface area (Å²) in [5, 5.41) is 14.2. The van der Waals surface area contributed by atoms with Crippen LogP contribution in [-0.4, -0.2) is 41.0 Å². The number of aromatic nitrogens is 2. The maximum atomic E-state index is 11.2. The van der Waals surface area contributed by atoms with E-state index in [2.05, 4.69) is 18.9 Å². The molecular formula is C21H28N2O4. The molecule has 0 fully saturated rings. The predicted molar refractivity (Wildman–Crippen MR) is 105 cm³/mol. The van der Waals surface area contributed by atoms with E-state index in [0.29, 0.717) is 31.9 Å². The smallest absolute Gasteiger partial charge is 0.157 e. The summed E-state index contributed by atoms with van der Waals surface area (Å²) in [5.41, 5.74) is 3.43. The molecule has 0 atom stereocenters. The van der Waals surface area contributed by atoms with Crippen molar-refractivity contribution in [2.45, 2.75) is 40.2 Å². The third-order valence-electron chi connectivity index (χ3n) is 4.23. The van der Waals surface area contributed by atoms with Gasteiger partial charge in [-0.05, 0) is 49.6 Å². The average Bonchev–Trinajstić information content (AvgIpc) is 3.18. The molecule has 1 aromatic carbocycles. The molecule has 0 amide bonds. The number of hydrogen-bond acceptors (Lipinski definition) is 5. The molecule has 0 radical (unpaired) electrons. The molecule has 1 N–H and O–H groups in total. The molecular weight excluding hydrogens is 344 g/mol. The van der Waals surface area contributed by atoms with E-state index in [1.807, 2.05) is 24.6 Å². The minimum atomic E-state index is -0.0838. The lowest BCUT2D eigenvalue weighted by Gasteiger charge is -2.23. The number of carbonyl (C=O) groups excluding carboxylic acids is 1. The van der Waals surface area contributed by atoms with Crippen molar-refractivity contribution >= 4 is 11.9 Å². The Morgan fingerprint density at radius 2 is 2.11 bits per heavy atom. The number of rotatable bonds is 6. The Morgan fingerprint density at radius 1 is 1.33 bits per heavy atom. The zero-order chi connectivity index (χ0) is 19.8. The van der Waals surface area contributed by atoms with Crippen LogP contribution in [0.4, 0.5) is 0 Å². The number of carbonyl (C=O) groups is 1. The van der Waals surface area contributed by atoms with Gasteiger partial charge in [0.05, 0.1) is 24.5 Å². The molecule has 1 aromatic heterocycles. The fraction of sp³-hybridized carbons (Fsp3) is 0.429. The largest absolute Gasteiger partial charge is 0.507 e. The number of benzene rings is 1. The third-order valence-corrected chi connectivity index (χ3v) is 4.23. The van der Waals surface area contributed by atoms with Crippen molar-refractivity contribution < 1.29 is 19.4 Å². The zero-order valence-corrected chi connectivity index (χ0v) is 16.4. The number of nitrogens with zero attached hydrogens (tertiary/aromatic N) is 2. The molecule has 1 aliphatic heterocycles. The van der Waals surface area contributed by atoms with Crippen molar-refractivity contribution in [3.05, 3.63) is 47.3 Å². The van der Waals surface area contributed by atoms with Crippen molar-refractivity contribution in [3.8, 4) is 11.5 Å². The molecule has 1 aliphatic rings. The second-order valence-electron chi connectivity index (χ2n) is 6.23. The van der Waals surface area contributed by atoms with Crippen LogP contribution in [0.25, 0.3) is 5.57 Å². The van der Waals surface area contributed by atoms with Crippen molar-refractivity contribution in [3.63, 3.8) is 0 Å². The molecule has 6 heteroatoms. The van der Waals surface area contributed by atoms with Gasteiger partial charge in [0.1, 0.15) is 18.1 Å². The maximum absolute atomic E-state index is 11.2. The highest BCUT2D eigenvalue weighted by atomic mass is 16.5. The summed E-state index contributed by atoms with van der Waals surface area (Å²) >= 11 is 0. The van der Waals surface area contributed by atoms with Gasteiger partial charge in [0, 0.05) is 12.2 Å². The minimum absolute atomic E-state index is 0.0838. The Labute approximate surface area is 160 Å². The second-order valence-corrected chi connectivity index (χ2v) is 6.23. The molecule has 6 nitrogen and oxygen atoms in total. The highest BCUT2D eigenvalue weighted by Gasteiger charge is 2.20. The zero-order valence-electron chi connectivity index (χ0n) is 16.4. The summed E-state index contributed by atoms with van der Waals surface area (Å²) in [5.74, 6) is 0.282. The van der Waals surface area contributed by atoms with Gasteiger partial charge in [0.2, 0.25) is 0 Å². The molecule has 2 aromatic rings. The number of aromatic hydroxyl groups is 1. The van der Waals surface area contributed by atoms with Crippen molar-refractivity contribution in [2.75, 3.05) is 19.8 Å². The van der Waals surface area contributed by atoms with Crippen molar-refractivity contribution in [1.29, 1.82) is 0 Å². The topological polar surface area (TPSA) is 73.6 Å². The normalized spacial score (nSPS) is 14.0. The number of phenols is 1. The number of hydrogen-bond donors (Lipinski definition) is 1. The summed E-state index contributed by atoms with van der Waals surface area (Å²) < 4.78 is 13.4. The van der Waals surface area contributed by atoms with E-state index in [1.165, 1.54) is 11.6 Å². The number of phenolic OH excluding ortho intramolecular Hbond substituents is 1. The van der Waals surface area contributed by atoms with E-state index in [4.69, 9.17) is 9.47 Å². The SMILES string of the molecule is CC.CC(C)n1nccc1C1=C(COc2cccc(O)c2C=O)COCC1. The molecule has 2 heterocycles. The van der Waals surface area contributed by atoms with Gasteiger partial charge in [-0.15, -0.1) is 0 Å². The Morgan fingerprint density at radius 3 is 2.81 bits per heavy atom. The van der Waals surface area contributed by atoms with Crippen LogP contribution < -0.4 is 4.74 Å². The average molecular weight is 372 g/mol. The standard InChI is InChI=1S/C19H22N2O4.C2H6/c1-13(2)21-17(6-8-20-21)15-7-9-24-11-14(15)12-25-19-5-3-4-18(23)16(19)10-22;1-2/h3-6,8,10,13,23H,7,9,11-12H2,1-2H3;1-2H3. The van der Waals surface area contributed by atoms with Crippen LogP contribution in [0, 0.1) is 0 Å². The number of aldehydes is 1. The Bertz CT molecular complexity index is 793. The Hall–Kier alpha value is -2.60. The lowest BCUT2D eigenvalue weighted by molar-refractivity contribution is 0.111. The molecule has 3 rings (SSSR count). The summed E-state index contributed by atoms with van der Waals surface area (Å²) in [4.78, 5) is 11.2. The first kappa shape index (κ1) is 20.7. The molecule has 0 unspecified atom stereocenters. The molecule has 0 saturated carbocycles. The molecule has 27 heavy (non-hydrogen) atoms. The van der Waals surface area contributed by atoms with E-state index in [-0.39, 0.29) is 17.4 Å². The summed E-state index contributed by atoms with van der Waals surface area (Å²) in [6.45, 7) is 9.62. The van der Waals surface area contributed by atoms with Gasteiger partial charge in [0.15, 0.2) is 6.29 Å². The van der Waals surface area contributed by atoms with Crippen molar-refractivity contribution in [1.82, 2.24) is 9.78 Å². The van der Waals surface area contributed by atoms with Crippen LogP contribution in [0.3, 0.4) is 0 Å². The van der Waals surface area contributed by atoms with Gasteiger partial charge in [-0.3, -0.25) is 9.48 Å². The first-order valence-electron chi connectivity index (χ1n) is 9.34. The lowest BCUT2D eigenvalue weighted by atomic mass is 10.0. The highest BCUT2D eigenvalue weighted by Crippen LogP contribution is 2.30. The highest BCUT2D eigenvalue weighted by molar-refractivity contribution is 5.83. The summed E-state index contributed by atoms with van der Waals surface area (Å²) in [7, 11) is 0. The van der Waals surface area contributed by atoms with E-state index >= 15 is 0 Å². The molecule has 146 valence electrons. The van der Waals surface area contributed by atoms with Crippen LogP contribution in [0.5, 0.6) is 11.5 Å². The van der Waals surface area contributed by atoms with Gasteiger partial charge in [-0.1, -0.05) is 19.9 Å². The quantitative estimate of drug-likeness (QED) is 0.767. The summed E-state index contributed by atoms with van der Waals surface area (Å²) in [6.07, 6.45) is 3.19. The Balaban J connectivity index is 0.00000126. The molecule has 0 spiro atoms. The van der Waals surface area contributed by atoms with Crippen LogP contribution in [0.1, 0.15) is 56.2 Å². The molecule has 0 aliphatic carbocycles. The van der Waals surface area contributed by atoms with Gasteiger partial charge < -0.3 is 14.6 Å². The fourth-order valence-electron chi connectivity index (χ4n) is 2.98. The maximum Gasteiger partial charge on any atom is 0.157 e. The van der Waals surface area contributed by atoms with Crippen molar-refractivity contribution in [2.24, 2.45) is 0 Å². The predicted octanol–water partition coefficient (Wildman–Crippen LogP) is 4.26. The first-order chi connectivity index (χ1) is 13.1. The van der Waals surface area contributed by atoms with E-state index in [9.17, 15) is 9.90 Å². The molecule has 0 saturated heterocycles. The second kappa shape index (κ2) is 9.92. The van der Waals surface area contributed by atoms with Gasteiger partial charge in [0.25, 0.3) is 0 Å². The first-order valence-corrected chi connectivity index (χ1v) is 9.34. The monoisotopic (exact) mass is 372 g/mol. The van der Waals surface area contributed by atoms with Gasteiger partial charge in [-0.25, -0.2) is 0 Å². The van der Waals surface area contributed by atoms with E-state index in [1.54, 1.807) is 18.3 Å². The fourth-order valence-corrected chi connectivity index (χ4v) is 2.98. The van der Waals surface area contributed by atoms with Crippen LogP contribution >= 0.6 is 0 Å².